The highest BCUT2D eigenvalue weighted by molar-refractivity contribution is 5.73. The second kappa shape index (κ2) is 8.20. The highest BCUT2D eigenvalue weighted by Gasteiger charge is 2.09. The molecule has 1 heterocycles. The van der Waals surface area contributed by atoms with Gasteiger partial charge in [0.15, 0.2) is 0 Å². The van der Waals surface area contributed by atoms with Crippen LogP contribution >= 0.6 is 0 Å². The lowest BCUT2D eigenvalue weighted by Gasteiger charge is -2.11. The summed E-state index contributed by atoms with van der Waals surface area (Å²) < 4.78 is 12.4. The van der Waals surface area contributed by atoms with Crippen molar-refractivity contribution in [3.63, 3.8) is 0 Å². The maximum atomic E-state index is 12.1. The van der Waals surface area contributed by atoms with E-state index in [2.05, 4.69) is 4.98 Å². The van der Waals surface area contributed by atoms with Gasteiger partial charge in [0.05, 0.1) is 13.7 Å². The van der Waals surface area contributed by atoms with Gasteiger partial charge in [-0.3, -0.25) is 4.57 Å². The summed E-state index contributed by atoms with van der Waals surface area (Å²) in [5.74, 6) is 1.79. The number of rotatable bonds is 7. The van der Waals surface area contributed by atoms with Crippen LogP contribution in [0.25, 0.3) is 11.1 Å². The van der Waals surface area contributed by atoms with Gasteiger partial charge in [-0.15, -0.1) is 0 Å². The van der Waals surface area contributed by atoms with E-state index in [1.165, 1.54) is 0 Å². The zero-order valence-electron chi connectivity index (χ0n) is 14.6. The monoisotopic (exact) mass is 351 g/mol. The second-order valence-corrected chi connectivity index (χ2v) is 5.76. The van der Waals surface area contributed by atoms with Crippen molar-refractivity contribution < 1.29 is 9.47 Å². The lowest BCUT2D eigenvalue weighted by molar-refractivity contribution is 0.300. The van der Waals surface area contributed by atoms with Crippen molar-refractivity contribution in [2.75, 3.05) is 19.5 Å². The third kappa shape index (κ3) is 4.22. The zero-order chi connectivity index (χ0) is 18.4. The van der Waals surface area contributed by atoms with E-state index in [1.807, 2.05) is 54.6 Å². The molecule has 0 saturated heterocycles. The van der Waals surface area contributed by atoms with Crippen LogP contribution in [0.2, 0.25) is 0 Å². The van der Waals surface area contributed by atoms with Crippen LogP contribution in [-0.4, -0.2) is 23.3 Å². The molecule has 0 aliphatic heterocycles. The Balaban J connectivity index is 1.70. The fourth-order valence-electron chi connectivity index (χ4n) is 2.60. The lowest BCUT2D eigenvalue weighted by atomic mass is 10.1. The number of benzene rings is 2. The summed E-state index contributed by atoms with van der Waals surface area (Å²) in [5, 5.41) is 0. The maximum Gasteiger partial charge on any atom is 0.349 e. The lowest BCUT2D eigenvalue weighted by Crippen LogP contribution is -2.25. The molecule has 0 saturated carbocycles. The average Bonchev–Trinajstić information content (AvgIpc) is 2.67. The molecule has 0 spiro atoms. The largest absolute Gasteiger partial charge is 0.497 e. The number of hydrogen-bond acceptors (Lipinski definition) is 5. The Hall–Kier alpha value is -3.28. The Labute approximate surface area is 151 Å². The molecule has 3 rings (SSSR count). The first-order valence-electron chi connectivity index (χ1n) is 8.36. The number of aromatic nitrogens is 2. The molecule has 0 unspecified atom stereocenters. The van der Waals surface area contributed by atoms with Crippen molar-refractivity contribution in [3.8, 4) is 22.6 Å². The number of nitrogen functional groups attached to an aromatic ring is 1. The van der Waals surface area contributed by atoms with Crippen molar-refractivity contribution in [1.29, 1.82) is 0 Å². The Morgan fingerprint density at radius 2 is 1.77 bits per heavy atom. The average molecular weight is 351 g/mol. The number of para-hydroxylation sites is 1. The molecule has 0 bridgehead atoms. The molecule has 26 heavy (non-hydrogen) atoms. The minimum Gasteiger partial charge on any atom is -0.497 e. The van der Waals surface area contributed by atoms with Crippen molar-refractivity contribution in [3.05, 3.63) is 71.3 Å². The number of aryl methyl sites for hydroxylation is 1. The number of nitrogens with two attached hydrogens (primary N) is 1. The topological polar surface area (TPSA) is 79.4 Å². The van der Waals surface area contributed by atoms with E-state index in [4.69, 9.17) is 15.2 Å². The maximum absolute atomic E-state index is 12.1. The van der Waals surface area contributed by atoms with Gasteiger partial charge in [0.1, 0.15) is 17.3 Å². The molecule has 0 amide bonds. The smallest absolute Gasteiger partial charge is 0.349 e. The van der Waals surface area contributed by atoms with E-state index in [9.17, 15) is 4.79 Å². The minimum atomic E-state index is -0.362. The van der Waals surface area contributed by atoms with Gasteiger partial charge in [-0.2, -0.15) is 4.98 Å². The molecule has 2 aromatic carbocycles. The molecule has 0 radical (unpaired) electrons. The van der Waals surface area contributed by atoms with Gasteiger partial charge >= 0.3 is 5.69 Å². The zero-order valence-corrected chi connectivity index (χ0v) is 14.6. The van der Waals surface area contributed by atoms with Crippen LogP contribution in [0.5, 0.6) is 11.5 Å². The van der Waals surface area contributed by atoms with Crippen LogP contribution in [0.15, 0.2) is 65.6 Å². The van der Waals surface area contributed by atoms with E-state index in [-0.39, 0.29) is 11.5 Å². The van der Waals surface area contributed by atoms with Crippen LogP contribution in [0.3, 0.4) is 0 Å². The molecule has 134 valence electrons. The van der Waals surface area contributed by atoms with E-state index >= 15 is 0 Å². The number of ether oxygens (including phenoxy) is 2. The first kappa shape index (κ1) is 17.5. The number of methoxy groups -OCH3 is 1. The summed E-state index contributed by atoms with van der Waals surface area (Å²) in [4.78, 5) is 16.0. The van der Waals surface area contributed by atoms with Crippen LogP contribution in [0, 0.1) is 0 Å². The molecule has 2 N–H and O–H groups in total. The van der Waals surface area contributed by atoms with Gasteiger partial charge in [0, 0.05) is 18.3 Å². The van der Waals surface area contributed by atoms with Gasteiger partial charge in [0.25, 0.3) is 0 Å². The fraction of sp³-hybridized carbons (Fsp3) is 0.200. The quantitative estimate of drug-likeness (QED) is 0.662. The third-order valence-electron chi connectivity index (χ3n) is 3.98. The number of anilines is 1. The van der Waals surface area contributed by atoms with Crippen molar-refractivity contribution in [2.45, 2.75) is 13.0 Å². The van der Waals surface area contributed by atoms with E-state index in [1.54, 1.807) is 17.9 Å². The van der Waals surface area contributed by atoms with Crippen LogP contribution in [0.1, 0.15) is 6.42 Å². The molecule has 0 aliphatic rings. The molecule has 3 aromatic rings. The number of hydrogen-bond donors (Lipinski definition) is 1. The Morgan fingerprint density at radius 3 is 2.46 bits per heavy atom. The summed E-state index contributed by atoms with van der Waals surface area (Å²) >= 11 is 0. The van der Waals surface area contributed by atoms with Gasteiger partial charge < -0.3 is 15.2 Å². The van der Waals surface area contributed by atoms with Crippen LogP contribution in [0.4, 0.5) is 5.82 Å². The SMILES string of the molecule is COc1ccc(-c2cn(CCCOc3ccccc3)c(=O)nc2N)cc1. The summed E-state index contributed by atoms with van der Waals surface area (Å²) in [6, 6.07) is 17.1. The summed E-state index contributed by atoms with van der Waals surface area (Å²) in [7, 11) is 1.61. The molecule has 6 heteroatoms. The van der Waals surface area contributed by atoms with E-state index < -0.39 is 0 Å². The Morgan fingerprint density at radius 1 is 1.04 bits per heavy atom. The summed E-state index contributed by atoms with van der Waals surface area (Å²) in [5.41, 5.74) is 7.18. The third-order valence-corrected chi connectivity index (χ3v) is 3.98. The molecule has 0 fully saturated rings. The van der Waals surface area contributed by atoms with Crippen LogP contribution < -0.4 is 20.9 Å². The van der Waals surface area contributed by atoms with Gasteiger partial charge in [-0.1, -0.05) is 30.3 Å². The molecular formula is C20H21N3O3. The normalized spacial score (nSPS) is 10.5. The molecule has 6 nitrogen and oxygen atoms in total. The van der Waals surface area contributed by atoms with Crippen molar-refractivity contribution >= 4 is 5.82 Å². The van der Waals surface area contributed by atoms with Gasteiger partial charge in [-0.05, 0) is 36.2 Å². The van der Waals surface area contributed by atoms with Gasteiger partial charge in [-0.25, -0.2) is 4.79 Å². The van der Waals surface area contributed by atoms with Crippen molar-refractivity contribution in [2.24, 2.45) is 0 Å². The standard InChI is InChI=1S/C20H21N3O3/c1-25-16-10-8-15(9-11-16)18-14-23(20(24)22-19(18)21)12-5-13-26-17-6-3-2-4-7-17/h2-4,6-11,14H,5,12-13H2,1H3,(H2,21,22,24). The highest BCUT2D eigenvalue weighted by Crippen LogP contribution is 2.25. The second-order valence-electron chi connectivity index (χ2n) is 5.76. The molecule has 1 aromatic heterocycles. The molecular weight excluding hydrogens is 330 g/mol. The predicted molar refractivity (Wildman–Crippen MR) is 101 cm³/mol. The fourth-order valence-corrected chi connectivity index (χ4v) is 2.60. The molecule has 0 aliphatic carbocycles. The minimum absolute atomic E-state index is 0.219. The first-order chi connectivity index (χ1) is 12.7. The Kier molecular flexibility index (Phi) is 5.53. The predicted octanol–water partition coefficient (Wildman–Crippen LogP) is 2.97. The van der Waals surface area contributed by atoms with Crippen LogP contribution in [-0.2, 0) is 6.54 Å². The number of nitrogens with zero attached hydrogens (tertiary/aromatic N) is 2. The highest BCUT2D eigenvalue weighted by atomic mass is 16.5. The van der Waals surface area contributed by atoms with Gasteiger partial charge in [0.2, 0.25) is 0 Å². The first-order valence-corrected chi connectivity index (χ1v) is 8.36. The van der Waals surface area contributed by atoms with Crippen molar-refractivity contribution in [1.82, 2.24) is 9.55 Å². The summed E-state index contributed by atoms with van der Waals surface area (Å²) in [6.07, 6.45) is 2.43. The Bertz CT molecular complexity index is 906. The molecule has 0 atom stereocenters. The summed E-state index contributed by atoms with van der Waals surface area (Å²) in [6.45, 7) is 1.01. The van der Waals surface area contributed by atoms with E-state index in [0.29, 0.717) is 19.6 Å². The van der Waals surface area contributed by atoms with E-state index in [0.717, 1.165) is 22.6 Å².